The third kappa shape index (κ3) is 1.52. The maximum absolute atomic E-state index is 10.8. The highest BCUT2D eigenvalue weighted by Crippen LogP contribution is 2.26. The van der Waals surface area contributed by atoms with E-state index in [1.54, 1.807) is 30.5 Å². The molecule has 1 heterocycles. The number of phenols is 1. The minimum Gasteiger partial charge on any atom is -0.507 e. The van der Waals surface area contributed by atoms with Crippen molar-refractivity contribution in [1.82, 2.24) is 4.98 Å². The fourth-order valence-corrected chi connectivity index (χ4v) is 1.30. The van der Waals surface area contributed by atoms with Gasteiger partial charge in [-0.2, -0.15) is 0 Å². The first kappa shape index (κ1) is 8.56. The highest BCUT2D eigenvalue weighted by molar-refractivity contribution is 5.68. The molecule has 0 radical (unpaired) electrons. The van der Waals surface area contributed by atoms with Crippen LogP contribution in [0.1, 0.15) is 0 Å². The number of benzene rings is 1. The number of pyridine rings is 1. The van der Waals surface area contributed by atoms with E-state index < -0.39 is 0 Å². The number of rotatable bonds is 1. The maximum Gasteiger partial charge on any atom is 0.247 e. The first-order valence-corrected chi connectivity index (χ1v) is 4.24. The van der Waals surface area contributed by atoms with Crippen molar-refractivity contribution in [3.63, 3.8) is 0 Å². The van der Waals surface area contributed by atoms with Gasteiger partial charge in [-0.25, -0.2) is 0 Å². The van der Waals surface area contributed by atoms with Gasteiger partial charge in [0.15, 0.2) is 0 Å². The van der Waals surface area contributed by atoms with Crippen LogP contribution in [0, 0.1) is 0 Å². The number of hydrogen-bond donors (Lipinski definition) is 2. The third-order valence-corrected chi connectivity index (χ3v) is 2.00. The molecule has 2 N–H and O–H groups in total. The van der Waals surface area contributed by atoms with E-state index in [1.165, 1.54) is 6.07 Å². The Hall–Kier alpha value is -2.03. The van der Waals surface area contributed by atoms with Gasteiger partial charge in [0.2, 0.25) is 5.56 Å². The fourth-order valence-electron chi connectivity index (χ4n) is 1.30. The highest BCUT2D eigenvalue weighted by Gasteiger charge is 2.01. The van der Waals surface area contributed by atoms with Crippen molar-refractivity contribution in [3.05, 3.63) is 52.9 Å². The average Bonchev–Trinajstić information content (AvgIpc) is 2.20. The molecule has 0 spiro atoms. The summed E-state index contributed by atoms with van der Waals surface area (Å²) in [7, 11) is 0. The molecule has 0 aliphatic rings. The van der Waals surface area contributed by atoms with E-state index in [4.69, 9.17) is 0 Å². The standard InChI is InChI=1S/C11H9NO2/c13-10-4-2-1-3-9(10)8-5-6-11(14)12-7-8/h1-7,13H,(H,12,14). The van der Waals surface area contributed by atoms with E-state index in [9.17, 15) is 9.90 Å². The number of aromatic nitrogens is 1. The molecular weight excluding hydrogens is 178 g/mol. The number of H-pyrrole nitrogens is 1. The molecule has 0 amide bonds. The van der Waals surface area contributed by atoms with E-state index in [0.29, 0.717) is 5.56 Å². The molecule has 70 valence electrons. The summed E-state index contributed by atoms with van der Waals surface area (Å²) in [5, 5.41) is 9.54. The van der Waals surface area contributed by atoms with Crippen LogP contribution in [0.3, 0.4) is 0 Å². The van der Waals surface area contributed by atoms with Crippen molar-refractivity contribution in [1.29, 1.82) is 0 Å². The molecule has 0 atom stereocenters. The Kier molecular flexibility index (Phi) is 2.07. The van der Waals surface area contributed by atoms with Crippen LogP contribution in [0.15, 0.2) is 47.4 Å². The number of aromatic hydroxyl groups is 1. The molecule has 0 saturated heterocycles. The van der Waals surface area contributed by atoms with Crippen LogP contribution in [0.5, 0.6) is 5.75 Å². The second-order valence-corrected chi connectivity index (χ2v) is 2.96. The minimum atomic E-state index is -0.149. The topological polar surface area (TPSA) is 53.1 Å². The lowest BCUT2D eigenvalue weighted by atomic mass is 10.1. The van der Waals surface area contributed by atoms with Gasteiger partial charge in [-0.3, -0.25) is 4.79 Å². The summed E-state index contributed by atoms with van der Waals surface area (Å²) in [4.78, 5) is 13.4. The predicted molar refractivity (Wildman–Crippen MR) is 54.2 cm³/mol. The van der Waals surface area contributed by atoms with Crippen LogP contribution >= 0.6 is 0 Å². The summed E-state index contributed by atoms with van der Waals surface area (Å²) in [5.41, 5.74) is 1.36. The smallest absolute Gasteiger partial charge is 0.247 e. The van der Waals surface area contributed by atoms with Gasteiger partial charge in [0.25, 0.3) is 0 Å². The van der Waals surface area contributed by atoms with E-state index in [2.05, 4.69) is 4.98 Å². The van der Waals surface area contributed by atoms with Crippen molar-refractivity contribution in [2.45, 2.75) is 0 Å². The number of nitrogens with one attached hydrogen (secondary N) is 1. The van der Waals surface area contributed by atoms with Gasteiger partial charge in [0.1, 0.15) is 5.75 Å². The Bertz CT molecular complexity index is 482. The summed E-state index contributed by atoms with van der Waals surface area (Å²) in [6.45, 7) is 0. The molecular formula is C11H9NO2. The molecule has 1 aromatic carbocycles. The lowest BCUT2D eigenvalue weighted by molar-refractivity contribution is 0.477. The van der Waals surface area contributed by atoms with E-state index in [-0.39, 0.29) is 11.3 Å². The molecule has 3 nitrogen and oxygen atoms in total. The van der Waals surface area contributed by atoms with Crippen molar-refractivity contribution in [3.8, 4) is 16.9 Å². The second kappa shape index (κ2) is 3.38. The van der Waals surface area contributed by atoms with Gasteiger partial charge in [-0.15, -0.1) is 0 Å². The quantitative estimate of drug-likeness (QED) is 0.714. The molecule has 3 heteroatoms. The monoisotopic (exact) mass is 187 g/mol. The number of phenolic OH excluding ortho intramolecular Hbond substituents is 1. The van der Waals surface area contributed by atoms with Crippen LogP contribution in [0.25, 0.3) is 11.1 Å². The molecule has 0 bridgehead atoms. The second-order valence-electron chi connectivity index (χ2n) is 2.96. The third-order valence-electron chi connectivity index (χ3n) is 2.00. The predicted octanol–water partition coefficient (Wildman–Crippen LogP) is 1.75. The summed E-state index contributed by atoms with van der Waals surface area (Å²) in [5.74, 6) is 0.208. The SMILES string of the molecule is O=c1ccc(-c2ccccc2O)c[nH]1. The maximum atomic E-state index is 10.8. The average molecular weight is 187 g/mol. The number of para-hydroxylation sites is 1. The zero-order valence-electron chi connectivity index (χ0n) is 7.40. The van der Waals surface area contributed by atoms with Crippen LogP contribution in [0.4, 0.5) is 0 Å². The number of hydrogen-bond acceptors (Lipinski definition) is 2. The molecule has 1 aromatic heterocycles. The molecule has 2 aromatic rings. The lowest BCUT2D eigenvalue weighted by Crippen LogP contribution is -2.01. The Morgan fingerprint density at radius 2 is 1.86 bits per heavy atom. The van der Waals surface area contributed by atoms with E-state index in [1.807, 2.05) is 6.07 Å². The van der Waals surface area contributed by atoms with Crippen LogP contribution in [-0.2, 0) is 0 Å². The first-order chi connectivity index (χ1) is 6.77. The summed E-state index contributed by atoms with van der Waals surface area (Å²) in [6, 6.07) is 10.1. The molecule has 0 saturated carbocycles. The Labute approximate surface area is 80.7 Å². The van der Waals surface area contributed by atoms with Crippen molar-refractivity contribution in [2.24, 2.45) is 0 Å². The molecule has 2 rings (SSSR count). The summed E-state index contributed by atoms with van der Waals surface area (Å²) >= 11 is 0. The zero-order chi connectivity index (χ0) is 9.97. The minimum absolute atomic E-state index is 0.149. The van der Waals surface area contributed by atoms with E-state index in [0.717, 1.165) is 5.56 Å². The highest BCUT2D eigenvalue weighted by atomic mass is 16.3. The van der Waals surface area contributed by atoms with Gasteiger partial charge >= 0.3 is 0 Å². The van der Waals surface area contributed by atoms with Crippen LogP contribution in [0.2, 0.25) is 0 Å². The van der Waals surface area contributed by atoms with Crippen molar-refractivity contribution < 1.29 is 5.11 Å². The zero-order valence-corrected chi connectivity index (χ0v) is 7.40. The normalized spacial score (nSPS) is 10.0. The van der Waals surface area contributed by atoms with Gasteiger partial charge < -0.3 is 10.1 Å². The first-order valence-electron chi connectivity index (χ1n) is 4.24. The molecule has 0 aliphatic heterocycles. The van der Waals surface area contributed by atoms with Gasteiger partial charge in [0, 0.05) is 23.4 Å². The Morgan fingerprint density at radius 3 is 2.50 bits per heavy atom. The van der Waals surface area contributed by atoms with Crippen molar-refractivity contribution >= 4 is 0 Å². The fraction of sp³-hybridized carbons (Fsp3) is 0. The largest absolute Gasteiger partial charge is 0.507 e. The van der Waals surface area contributed by atoms with Gasteiger partial charge in [0.05, 0.1) is 0 Å². The molecule has 0 unspecified atom stereocenters. The molecule has 0 aliphatic carbocycles. The summed E-state index contributed by atoms with van der Waals surface area (Å²) < 4.78 is 0. The van der Waals surface area contributed by atoms with Crippen LogP contribution in [-0.4, -0.2) is 10.1 Å². The van der Waals surface area contributed by atoms with E-state index >= 15 is 0 Å². The molecule has 0 fully saturated rings. The van der Waals surface area contributed by atoms with Crippen LogP contribution < -0.4 is 5.56 Å². The molecule has 14 heavy (non-hydrogen) atoms. The Morgan fingerprint density at radius 1 is 1.07 bits per heavy atom. The number of aromatic amines is 1. The van der Waals surface area contributed by atoms with Gasteiger partial charge in [-0.05, 0) is 12.1 Å². The summed E-state index contributed by atoms with van der Waals surface area (Å²) in [6.07, 6.45) is 1.58. The van der Waals surface area contributed by atoms with Crippen molar-refractivity contribution in [2.75, 3.05) is 0 Å². The lowest BCUT2D eigenvalue weighted by Gasteiger charge is -2.02. The Balaban J connectivity index is 2.55. The van der Waals surface area contributed by atoms with Gasteiger partial charge in [-0.1, -0.05) is 18.2 Å².